The molecule has 0 saturated heterocycles. The molecule has 1 spiro atoms. The number of aliphatic carboxylic acids is 1. The summed E-state index contributed by atoms with van der Waals surface area (Å²) in [6.07, 6.45) is -5.18. The minimum Gasteiger partial charge on any atom is -0.475 e. The highest BCUT2D eigenvalue weighted by Gasteiger charge is 2.63. The van der Waals surface area contributed by atoms with Gasteiger partial charge < -0.3 is 10.8 Å². The number of amides is 1. The highest BCUT2D eigenvalue weighted by atomic mass is 79.9. The number of aliphatic imine (C=N–C) groups is 1. The zero-order chi connectivity index (χ0) is 22.6. The van der Waals surface area contributed by atoms with Gasteiger partial charge in [-0.05, 0) is 24.1 Å². The first-order chi connectivity index (χ1) is 13.0. The second-order valence-electron chi connectivity index (χ2n) is 7.32. The number of carboxylic acid groups (broad SMARTS) is 1. The lowest BCUT2D eigenvalue weighted by Gasteiger charge is -2.46. The van der Waals surface area contributed by atoms with Gasteiger partial charge in [0.05, 0.1) is 0 Å². The van der Waals surface area contributed by atoms with E-state index in [4.69, 9.17) is 15.6 Å². The van der Waals surface area contributed by atoms with Crippen LogP contribution in [0.1, 0.15) is 31.4 Å². The number of carbonyl (C=O) groups excluding carboxylic acids is 1. The molecule has 3 rings (SSSR count). The number of hydrogen-bond donors (Lipinski definition) is 2. The van der Waals surface area contributed by atoms with Crippen LogP contribution in [-0.2, 0) is 21.1 Å². The Labute approximate surface area is 170 Å². The predicted molar refractivity (Wildman–Crippen MR) is 96.2 cm³/mol. The van der Waals surface area contributed by atoms with Gasteiger partial charge in [-0.25, -0.2) is 18.6 Å². The topological polar surface area (TPSA) is 96.0 Å². The fraction of sp³-hybridized carbons (Fsp3) is 0.471. The maximum Gasteiger partial charge on any atom is 0.490 e. The molecular weight excluding hydrogens is 469 g/mol. The van der Waals surface area contributed by atoms with Crippen molar-refractivity contribution in [2.75, 3.05) is 7.05 Å². The molecule has 29 heavy (non-hydrogen) atoms. The average molecular weight is 486 g/mol. The summed E-state index contributed by atoms with van der Waals surface area (Å²) in [5.74, 6) is -6.13. The third kappa shape index (κ3) is 3.69. The Kier molecular flexibility index (Phi) is 5.50. The van der Waals surface area contributed by atoms with Crippen molar-refractivity contribution in [3.63, 3.8) is 0 Å². The number of nitrogens with two attached hydrogens (primary N) is 1. The van der Waals surface area contributed by atoms with Crippen LogP contribution < -0.4 is 5.73 Å². The highest BCUT2D eigenvalue weighted by molar-refractivity contribution is 9.10. The first-order valence-electron chi connectivity index (χ1n) is 8.09. The number of alkyl halides is 5. The van der Waals surface area contributed by atoms with Gasteiger partial charge in [-0.1, -0.05) is 35.8 Å². The number of benzene rings is 1. The van der Waals surface area contributed by atoms with E-state index in [9.17, 15) is 26.7 Å². The van der Waals surface area contributed by atoms with Crippen LogP contribution >= 0.6 is 15.9 Å². The van der Waals surface area contributed by atoms with E-state index in [0.717, 1.165) is 0 Å². The molecule has 6 nitrogen and oxygen atoms in total. The zero-order valence-electron chi connectivity index (χ0n) is 15.4. The number of likely N-dealkylation sites (N-methyl/N-ethyl adjacent to an activating group) is 1. The summed E-state index contributed by atoms with van der Waals surface area (Å²) in [5, 5.41) is 7.12. The maximum atomic E-state index is 14.8. The van der Waals surface area contributed by atoms with Crippen molar-refractivity contribution >= 4 is 33.8 Å². The quantitative estimate of drug-likeness (QED) is 0.549. The van der Waals surface area contributed by atoms with E-state index in [1.165, 1.54) is 31.9 Å². The third-order valence-corrected chi connectivity index (χ3v) is 5.36. The van der Waals surface area contributed by atoms with Crippen molar-refractivity contribution in [2.24, 2.45) is 16.1 Å². The first-order valence-corrected chi connectivity index (χ1v) is 8.88. The lowest BCUT2D eigenvalue weighted by molar-refractivity contribution is -0.192. The van der Waals surface area contributed by atoms with Crippen molar-refractivity contribution < 1.29 is 36.6 Å². The van der Waals surface area contributed by atoms with E-state index in [0.29, 0.717) is 4.47 Å². The zero-order valence-corrected chi connectivity index (χ0v) is 17.0. The molecule has 1 aromatic carbocycles. The van der Waals surface area contributed by atoms with Gasteiger partial charge in [0.15, 0.2) is 11.5 Å². The van der Waals surface area contributed by atoms with Gasteiger partial charge in [0.1, 0.15) is 0 Å². The maximum absolute atomic E-state index is 14.8. The second kappa shape index (κ2) is 6.92. The summed E-state index contributed by atoms with van der Waals surface area (Å²) in [7, 11) is 1.51. The van der Waals surface area contributed by atoms with Crippen LogP contribution in [-0.4, -0.2) is 41.1 Å². The molecule has 1 aliphatic heterocycles. The fourth-order valence-electron chi connectivity index (χ4n) is 3.33. The van der Waals surface area contributed by atoms with Gasteiger partial charge in [-0.3, -0.25) is 9.69 Å². The molecule has 1 aromatic rings. The van der Waals surface area contributed by atoms with Crippen LogP contribution in [0, 0.1) is 5.41 Å². The number of fused-ring (bicyclic) bond motifs is 2. The monoisotopic (exact) mass is 485 g/mol. The Hall–Kier alpha value is -2.24. The van der Waals surface area contributed by atoms with Gasteiger partial charge in [0.2, 0.25) is 0 Å². The van der Waals surface area contributed by atoms with Crippen molar-refractivity contribution in [3.8, 4) is 0 Å². The molecule has 1 amide bonds. The number of nitrogens with zero attached hydrogens (tertiary/aromatic N) is 2. The molecule has 1 aliphatic carbocycles. The summed E-state index contributed by atoms with van der Waals surface area (Å²) in [5.41, 5.74) is 3.06. The third-order valence-electron chi connectivity index (χ3n) is 4.86. The van der Waals surface area contributed by atoms with Gasteiger partial charge >= 0.3 is 12.1 Å². The van der Waals surface area contributed by atoms with Crippen molar-refractivity contribution in [1.29, 1.82) is 0 Å². The smallest absolute Gasteiger partial charge is 0.475 e. The average Bonchev–Trinajstić information content (AvgIpc) is 2.77. The number of guanidine groups is 1. The standard InChI is InChI=1S/C15H16BrF2N3O.C2HF3O2/c1-13(2)7-14(11(22)21(3)12(19)20-14)10-6-8(16)4-5-9(10)15(13,17)18;3-2(4,5)1(6)7/h4-6H,7H2,1-3H3,(H2,19,20);(H,6,7). The van der Waals surface area contributed by atoms with Crippen LogP contribution in [0.15, 0.2) is 27.7 Å². The van der Waals surface area contributed by atoms with Crippen molar-refractivity contribution in [3.05, 3.63) is 33.8 Å². The molecule has 1 unspecified atom stereocenters. The molecule has 2 aliphatic rings. The molecule has 0 radical (unpaired) electrons. The number of rotatable bonds is 0. The lowest BCUT2D eigenvalue weighted by atomic mass is 9.63. The van der Waals surface area contributed by atoms with Gasteiger partial charge in [0.25, 0.3) is 11.8 Å². The van der Waals surface area contributed by atoms with E-state index in [2.05, 4.69) is 20.9 Å². The minimum absolute atomic E-state index is 0.0527. The SMILES string of the molecule is CN1C(=O)C2(CC(C)(C)C(F)(F)c3ccc(Br)cc32)N=C1N.O=C(O)C(F)(F)F. The molecule has 3 N–H and O–H groups in total. The molecular formula is C17H17BrF5N3O3. The Morgan fingerprint density at radius 1 is 1.28 bits per heavy atom. The number of halogens is 6. The molecule has 0 aromatic heterocycles. The van der Waals surface area contributed by atoms with Crippen LogP contribution in [0.2, 0.25) is 0 Å². The number of carbonyl (C=O) groups is 2. The van der Waals surface area contributed by atoms with E-state index in [1.807, 2.05) is 0 Å². The largest absolute Gasteiger partial charge is 0.490 e. The summed E-state index contributed by atoms with van der Waals surface area (Å²) in [4.78, 5) is 27.2. The lowest BCUT2D eigenvalue weighted by Crippen LogP contribution is -2.51. The Morgan fingerprint density at radius 2 is 1.79 bits per heavy atom. The molecule has 1 heterocycles. The van der Waals surface area contributed by atoms with Gasteiger partial charge in [-0.15, -0.1) is 0 Å². The molecule has 12 heteroatoms. The van der Waals surface area contributed by atoms with Crippen LogP contribution in [0.25, 0.3) is 0 Å². The Balaban J connectivity index is 0.000000370. The van der Waals surface area contributed by atoms with E-state index in [-0.39, 0.29) is 29.4 Å². The highest BCUT2D eigenvalue weighted by Crippen LogP contribution is 2.59. The normalized spacial score (nSPS) is 24.5. The van der Waals surface area contributed by atoms with Crippen molar-refractivity contribution in [2.45, 2.75) is 37.9 Å². The Bertz CT molecular complexity index is 901. The van der Waals surface area contributed by atoms with Gasteiger partial charge in [-0.2, -0.15) is 13.2 Å². The second-order valence-corrected chi connectivity index (χ2v) is 8.24. The molecule has 0 bridgehead atoms. The molecule has 0 fully saturated rings. The van der Waals surface area contributed by atoms with Gasteiger partial charge in [0, 0.05) is 22.5 Å². The van der Waals surface area contributed by atoms with E-state index in [1.54, 1.807) is 12.1 Å². The number of carboxylic acids is 1. The minimum atomic E-state index is -5.08. The van der Waals surface area contributed by atoms with Crippen LogP contribution in [0.5, 0.6) is 0 Å². The summed E-state index contributed by atoms with van der Waals surface area (Å²) < 4.78 is 62.0. The fourth-order valence-corrected chi connectivity index (χ4v) is 3.69. The Morgan fingerprint density at radius 3 is 2.21 bits per heavy atom. The molecule has 0 saturated carbocycles. The summed E-state index contributed by atoms with van der Waals surface area (Å²) >= 11 is 3.29. The van der Waals surface area contributed by atoms with E-state index < -0.39 is 29.0 Å². The molecule has 160 valence electrons. The van der Waals surface area contributed by atoms with Crippen LogP contribution in [0.3, 0.4) is 0 Å². The number of hydrogen-bond acceptors (Lipinski definition) is 4. The van der Waals surface area contributed by atoms with Crippen LogP contribution in [0.4, 0.5) is 22.0 Å². The predicted octanol–water partition coefficient (Wildman–Crippen LogP) is 3.59. The van der Waals surface area contributed by atoms with E-state index >= 15 is 0 Å². The summed E-state index contributed by atoms with van der Waals surface area (Å²) in [6, 6.07) is 4.46. The summed E-state index contributed by atoms with van der Waals surface area (Å²) in [6.45, 7) is 2.91. The van der Waals surface area contributed by atoms with Crippen molar-refractivity contribution in [1.82, 2.24) is 4.90 Å². The first kappa shape index (κ1) is 23.0. The molecule has 1 atom stereocenters.